The molecule has 1 aliphatic rings. The van der Waals surface area contributed by atoms with Crippen LogP contribution in [0.4, 0.5) is 5.82 Å². The van der Waals surface area contributed by atoms with Crippen LogP contribution < -0.4 is 4.90 Å². The van der Waals surface area contributed by atoms with Crippen LogP contribution in [-0.4, -0.2) is 41.1 Å². The zero-order valence-corrected chi connectivity index (χ0v) is 11.2. The predicted molar refractivity (Wildman–Crippen MR) is 67.3 cm³/mol. The molecule has 0 amide bonds. The van der Waals surface area contributed by atoms with Gasteiger partial charge in [-0.3, -0.25) is 0 Å². The highest BCUT2D eigenvalue weighted by molar-refractivity contribution is 9.09. The molecule has 1 aromatic heterocycles. The van der Waals surface area contributed by atoms with E-state index in [4.69, 9.17) is 4.74 Å². The predicted octanol–water partition coefficient (Wildman–Crippen LogP) is 1.69. The number of halogens is 1. The standard InChI is InChI=1S/C11H16BrN3O/c1-8-5-11(14-9(2)13-8)15-3-4-16-10(6-12)7-15/h5,10H,3-4,6-7H2,1-2H3. The summed E-state index contributed by atoms with van der Waals surface area (Å²) in [7, 11) is 0. The van der Waals surface area contributed by atoms with Crippen LogP contribution in [0.2, 0.25) is 0 Å². The first kappa shape index (κ1) is 11.8. The van der Waals surface area contributed by atoms with Gasteiger partial charge in [0, 0.05) is 30.2 Å². The van der Waals surface area contributed by atoms with Crippen LogP contribution >= 0.6 is 15.9 Å². The second kappa shape index (κ2) is 5.10. The number of nitrogens with zero attached hydrogens (tertiary/aromatic N) is 3. The highest BCUT2D eigenvalue weighted by Crippen LogP contribution is 2.17. The number of hydrogen-bond acceptors (Lipinski definition) is 4. The van der Waals surface area contributed by atoms with Crippen molar-refractivity contribution >= 4 is 21.7 Å². The third-order valence-corrected chi connectivity index (χ3v) is 3.31. The Kier molecular flexibility index (Phi) is 3.76. The summed E-state index contributed by atoms with van der Waals surface area (Å²) in [5.41, 5.74) is 1.02. The normalized spacial score (nSPS) is 21.2. The number of morpholine rings is 1. The summed E-state index contributed by atoms with van der Waals surface area (Å²) < 4.78 is 5.61. The smallest absolute Gasteiger partial charge is 0.132 e. The Balaban J connectivity index is 2.16. The number of rotatable bonds is 2. The molecular formula is C11H16BrN3O. The van der Waals surface area contributed by atoms with Gasteiger partial charge in [-0.1, -0.05) is 15.9 Å². The fourth-order valence-electron chi connectivity index (χ4n) is 1.88. The SMILES string of the molecule is Cc1cc(N2CCOC(CBr)C2)nc(C)n1. The lowest BCUT2D eigenvalue weighted by Crippen LogP contribution is -2.43. The van der Waals surface area contributed by atoms with E-state index < -0.39 is 0 Å². The first-order valence-electron chi connectivity index (χ1n) is 5.44. The molecule has 1 aromatic rings. The van der Waals surface area contributed by atoms with Crippen LogP contribution in [-0.2, 0) is 4.74 Å². The lowest BCUT2D eigenvalue weighted by atomic mass is 10.3. The Morgan fingerprint density at radius 1 is 1.50 bits per heavy atom. The molecule has 88 valence electrons. The quantitative estimate of drug-likeness (QED) is 0.776. The van der Waals surface area contributed by atoms with Crippen molar-refractivity contribution < 1.29 is 4.74 Å². The second-order valence-electron chi connectivity index (χ2n) is 4.01. The molecule has 1 unspecified atom stereocenters. The van der Waals surface area contributed by atoms with E-state index in [1.54, 1.807) is 0 Å². The molecule has 2 heterocycles. The molecule has 1 saturated heterocycles. The van der Waals surface area contributed by atoms with E-state index in [0.29, 0.717) is 0 Å². The van der Waals surface area contributed by atoms with Crippen LogP contribution in [0.15, 0.2) is 6.07 Å². The van der Waals surface area contributed by atoms with Gasteiger partial charge in [-0.2, -0.15) is 0 Å². The van der Waals surface area contributed by atoms with Gasteiger partial charge in [0.1, 0.15) is 11.6 Å². The Bertz CT molecular complexity index is 352. The van der Waals surface area contributed by atoms with E-state index in [0.717, 1.165) is 42.4 Å². The van der Waals surface area contributed by atoms with Gasteiger partial charge in [0.25, 0.3) is 0 Å². The van der Waals surface area contributed by atoms with Gasteiger partial charge in [0.15, 0.2) is 0 Å². The van der Waals surface area contributed by atoms with Crippen molar-refractivity contribution in [1.29, 1.82) is 0 Å². The topological polar surface area (TPSA) is 38.2 Å². The van der Waals surface area contributed by atoms with E-state index in [9.17, 15) is 0 Å². The first-order chi connectivity index (χ1) is 7.69. The second-order valence-corrected chi connectivity index (χ2v) is 4.66. The summed E-state index contributed by atoms with van der Waals surface area (Å²) >= 11 is 3.46. The Morgan fingerprint density at radius 2 is 2.31 bits per heavy atom. The molecule has 1 atom stereocenters. The van der Waals surface area contributed by atoms with Gasteiger partial charge in [-0.05, 0) is 13.8 Å². The summed E-state index contributed by atoms with van der Waals surface area (Å²) in [5.74, 6) is 1.84. The number of hydrogen-bond donors (Lipinski definition) is 0. The number of aryl methyl sites for hydroxylation is 2. The number of anilines is 1. The fourth-order valence-corrected chi connectivity index (χ4v) is 2.27. The third-order valence-electron chi connectivity index (χ3n) is 2.59. The maximum absolute atomic E-state index is 5.61. The van der Waals surface area contributed by atoms with Crippen molar-refractivity contribution in [2.75, 3.05) is 29.9 Å². The van der Waals surface area contributed by atoms with Gasteiger partial charge in [0.05, 0.1) is 12.7 Å². The minimum Gasteiger partial charge on any atom is -0.374 e. The molecular weight excluding hydrogens is 270 g/mol. The van der Waals surface area contributed by atoms with Crippen LogP contribution in [0, 0.1) is 13.8 Å². The average Bonchev–Trinajstić information content (AvgIpc) is 2.28. The summed E-state index contributed by atoms with van der Waals surface area (Å²) in [4.78, 5) is 11.0. The number of alkyl halides is 1. The molecule has 0 bridgehead atoms. The number of aromatic nitrogens is 2. The van der Waals surface area contributed by atoms with E-state index in [1.165, 1.54) is 0 Å². The molecule has 1 fully saturated rings. The first-order valence-corrected chi connectivity index (χ1v) is 6.56. The van der Waals surface area contributed by atoms with E-state index in [-0.39, 0.29) is 6.10 Å². The summed E-state index contributed by atoms with van der Waals surface area (Å²) in [5, 5.41) is 0.868. The monoisotopic (exact) mass is 285 g/mol. The largest absolute Gasteiger partial charge is 0.374 e. The molecule has 0 saturated carbocycles. The van der Waals surface area contributed by atoms with Gasteiger partial charge in [-0.15, -0.1) is 0 Å². The third kappa shape index (κ3) is 2.71. The summed E-state index contributed by atoms with van der Waals surface area (Å²) in [6, 6.07) is 2.03. The van der Waals surface area contributed by atoms with Crippen LogP contribution in [0.5, 0.6) is 0 Å². The van der Waals surface area contributed by atoms with E-state index in [1.807, 2.05) is 19.9 Å². The molecule has 0 aliphatic carbocycles. The zero-order chi connectivity index (χ0) is 11.5. The molecule has 5 heteroatoms. The minimum atomic E-state index is 0.254. The van der Waals surface area contributed by atoms with Crippen molar-refractivity contribution in [2.24, 2.45) is 0 Å². The average molecular weight is 286 g/mol. The van der Waals surface area contributed by atoms with E-state index in [2.05, 4.69) is 30.8 Å². The lowest BCUT2D eigenvalue weighted by molar-refractivity contribution is 0.0568. The lowest BCUT2D eigenvalue weighted by Gasteiger charge is -2.33. The van der Waals surface area contributed by atoms with Crippen molar-refractivity contribution in [3.05, 3.63) is 17.6 Å². The van der Waals surface area contributed by atoms with E-state index >= 15 is 0 Å². The maximum Gasteiger partial charge on any atom is 0.132 e. The minimum absolute atomic E-state index is 0.254. The fraction of sp³-hybridized carbons (Fsp3) is 0.636. The molecule has 4 nitrogen and oxygen atoms in total. The molecule has 0 radical (unpaired) electrons. The number of ether oxygens (including phenoxy) is 1. The van der Waals surface area contributed by atoms with Gasteiger partial charge in [0.2, 0.25) is 0 Å². The van der Waals surface area contributed by atoms with Crippen molar-refractivity contribution in [3.8, 4) is 0 Å². The molecule has 0 N–H and O–H groups in total. The van der Waals surface area contributed by atoms with Crippen LogP contribution in [0.1, 0.15) is 11.5 Å². The molecule has 0 aromatic carbocycles. The van der Waals surface area contributed by atoms with Crippen molar-refractivity contribution in [1.82, 2.24) is 9.97 Å². The summed E-state index contributed by atoms with van der Waals surface area (Å²) in [6.45, 7) is 6.48. The van der Waals surface area contributed by atoms with Crippen molar-refractivity contribution in [2.45, 2.75) is 20.0 Å². The maximum atomic E-state index is 5.61. The molecule has 0 spiro atoms. The van der Waals surface area contributed by atoms with Crippen LogP contribution in [0.25, 0.3) is 0 Å². The van der Waals surface area contributed by atoms with Crippen molar-refractivity contribution in [3.63, 3.8) is 0 Å². The highest BCUT2D eigenvalue weighted by atomic mass is 79.9. The molecule has 1 aliphatic heterocycles. The Hall–Kier alpha value is -0.680. The highest BCUT2D eigenvalue weighted by Gasteiger charge is 2.20. The van der Waals surface area contributed by atoms with Gasteiger partial charge < -0.3 is 9.64 Å². The molecule has 2 rings (SSSR count). The Morgan fingerprint density at radius 3 is 3.00 bits per heavy atom. The summed E-state index contributed by atoms with van der Waals surface area (Å²) in [6.07, 6.45) is 0.254. The zero-order valence-electron chi connectivity index (χ0n) is 9.61. The van der Waals surface area contributed by atoms with Gasteiger partial charge in [-0.25, -0.2) is 9.97 Å². The molecule has 16 heavy (non-hydrogen) atoms. The Labute approximate surface area is 104 Å². The van der Waals surface area contributed by atoms with Gasteiger partial charge >= 0.3 is 0 Å². The van der Waals surface area contributed by atoms with Crippen LogP contribution in [0.3, 0.4) is 0 Å².